The van der Waals surface area contributed by atoms with Crippen LogP contribution in [-0.4, -0.2) is 69.1 Å². The van der Waals surface area contributed by atoms with Crippen LogP contribution in [0.5, 0.6) is 5.75 Å². The molecule has 2 saturated heterocycles. The molecular weight excluding hydrogens is 364 g/mol. The minimum absolute atomic E-state index is 0.0189. The van der Waals surface area contributed by atoms with Gasteiger partial charge < -0.3 is 14.5 Å². The summed E-state index contributed by atoms with van der Waals surface area (Å²) in [4.78, 5) is 15.9. The van der Waals surface area contributed by atoms with Crippen molar-refractivity contribution in [3.8, 4) is 5.75 Å². The van der Waals surface area contributed by atoms with E-state index in [4.69, 9.17) is 16.3 Å². The van der Waals surface area contributed by atoms with Gasteiger partial charge in [0.25, 0.3) is 5.91 Å². The lowest BCUT2D eigenvalue weighted by Crippen LogP contribution is -3.18. The van der Waals surface area contributed by atoms with E-state index in [1.165, 1.54) is 4.90 Å². The maximum Gasteiger partial charge on any atom is 0.264 e. The van der Waals surface area contributed by atoms with E-state index in [-0.39, 0.29) is 17.7 Å². The van der Waals surface area contributed by atoms with Crippen LogP contribution < -0.4 is 9.64 Å². The predicted molar refractivity (Wildman–Crippen MR) is 93.9 cm³/mol. The monoisotopic (exact) mass is 385 g/mol. The largest absolute Gasteiger partial charge is 0.480 e. The summed E-state index contributed by atoms with van der Waals surface area (Å²) in [5.41, 5.74) is 0.978. The first-order valence-corrected chi connectivity index (χ1v) is 10.9. The van der Waals surface area contributed by atoms with E-state index in [0.717, 1.165) is 30.8 Å². The summed E-state index contributed by atoms with van der Waals surface area (Å²) in [5.74, 6) is 1.35. The van der Waals surface area contributed by atoms with E-state index in [1.54, 1.807) is 6.07 Å². The molecule has 0 aromatic heterocycles. The Bertz CT molecular complexity index is 790. The van der Waals surface area contributed by atoms with Crippen LogP contribution in [-0.2, 0) is 21.1 Å². The molecule has 1 amide bonds. The first kappa shape index (κ1) is 17.1. The molecule has 2 fully saturated rings. The summed E-state index contributed by atoms with van der Waals surface area (Å²) >= 11 is 6.00. The van der Waals surface area contributed by atoms with Gasteiger partial charge in [-0.3, -0.25) is 4.79 Å². The van der Waals surface area contributed by atoms with Crippen molar-refractivity contribution < 1.29 is 22.8 Å². The lowest BCUT2D eigenvalue weighted by molar-refractivity contribution is -0.925. The summed E-state index contributed by atoms with van der Waals surface area (Å²) in [6.07, 6.45) is 0.831. The van der Waals surface area contributed by atoms with Crippen LogP contribution >= 0.6 is 11.6 Å². The molecule has 0 saturated carbocycles. The second-order valence-electron chi connectivity index (χ2n) is 7.15. The van der Waals surface area contributed by atoms with Crippen molar-refractivity contribution in [2.45, 2.75) is 25.0 Å². The molecule has 0 unspecified atom stereocenters. The number of rotatable bonds is 2. The molecule has 3 aliphatic rings. The Labute approximate surface area is 152 Å². The topological polar surface area (TPSA) is 68.1 Å². The van der Waals surface area contributed by atoms with Gasteiger partial charge in [0.1, 0.15) is 17.5 Å². The molecule has 0 aliphatic carbocycles. The zero-order chi connectivity index (χ0) is 17.6. The number of nitrogens with one attached hydrogen (secondary N) is 1. The molecule has 0 spiro atoms. The Hall–Kier alpha value is -1.31. The van der Waals surface area contributed by atoms with Crippen molar-refractivity contribution in [3.05, 3.63) is 28.8 Å². The molecule has 136 valence electrons. The summed E-state index contributed by atoms with van der Waals surface area (Å²) in [7, 11) is -2.85. The number of ether oxygens (including phenoxy) is 1. The van der Waals surface area contributed by atoms with Gasteiger partial charge in [0, 0.05) is 17.9 Å². The zero-order valence-electron chi connectivity index (χ0n) is 13.9. The number of carbonyl (C=O) groups is 1. The van der Waals surface area contributed by atoms with E-state index in [2.05, 4.69) is 0 Å². The molecule has 25 heavy (non-hydrogen) atoms. The van der Waals surface area contributed by atoms with Crippen LogP contribution in [0.2, 0.25) is 5.02 Å². The van der Waals surface area contributed by atoms with Crippen LogP contribution in [0.25, 0.3) is 0 Å². The van der Waals surface area contributed by atoms with Gasteiger partial charge in [-0.05, 0) is 23.8 Å². The van der Waals surface area contributed by atoms with Gasteiger partial charge in [0.15, 0.2) is 15.9 Å². The highest BCUT2D eigenvalue weighted by Gasteiger charge is 2.39. The number of hydrogen-bond acceptors (Lipinski definition) is 4. The zero-order valence-corrected chi connectivity index (χ0v) is 15.5. The Morgan fingerprint density at radius 2 is 2.04 bits per heavy atom. The highest BCUT2D eigenvalue weighted by Crippen LogP contribution is 2.31. The number of benzene rings is 1. The molecule has 6 nitrogen and oxygen atoms in total. The van der Waals surface area contributed by atoms with Gasteiger partial charge in [-0.1, -0.05) is 11.6 Å². The van der Waals surface area contributed by atoms with Crippen molar-refractivity contribution in [2.75, 3.05) is 37.7 Å². The minimum atomic E-state index is -2.85. The Balaban J connectivity index is 1.33. The normalized spacial score (nSPS) is 28.6. The maximum atomic E-state index is 12.7. The number of sulfone groups is 1. The van der Waals surface area contributed by atoms with Gasteiger partial charge in [-0.15, -0.1) is 0 Å². The van der Waals surface area contributed by atoms with E-state index in [0.29, 0.717) is 30.3 Å². The second-order valence-corrected chi connectivity index (χ2v) is 9.81. The summed E-state index contributed by atoms with van der Waals surface area (Å²) < 4.78 is 29.1. The fraction of sp³-hybridized carbons (Fsp3) is 0.588. The van der Waals surface area contributed by atoms with E-state index >= 15 is 0 Å². The van der Waals surface area contributed by atoms with Gasteiger partial charge in [-0.25, -0.2) is 8.42 Å². The van der Waals surface area contributed by atoms with Crippen molar-refractivity contribution >= 4 is 27.3 Å². The second kappa shape index (κ2) is 6.45. The molecule has 3 aliphatic heterocycles. The van der Waals surface area contributed by atoms with Crippen molar-refractivity contribution in [3.63, 3.8) is 0 Å². The number of hydrogen-bond donors (Lipinski definition) is 1. The maximum absolute atomic E-state index is 12.7. The number of amides is 1. The number of piperazine rings is 1. The average molecular weight is 386 g/mol. The number of nitrogens with zero attached hydrogens (tertiary/aromatic N) is 1. The summed E-state index contributed by atoms with van der Waals surface area (Å²) in [6, 6.07) is 5.63. The fourth-order valence-electron chi connectivity index (χ4n) is 4.10. The predicted octanol–water partition coefficient (Wildman–Crippen LogP) is -0.442. The lowest BCUT2D eigenvalue weighted by Gasteiger charge is -2.35. The Morgan fingerprint density at radius 3 is 2.72 bits per heavy atom. The highest BCUT2D eigenvalue weighted by atomic mass is 35.5. The van der Waals surface area contributed by atoms with Crippen molar-refractivity contribution in [2.24, 2.45) is 0 Å². The molecule has 4 rings (SSSR count). The first-order chi connectivity index (χ1) is 11.9. The molecule has 1 aromatic rings. The van der Waals surface area contributed by atoms with Gasteiger partial charge in [0.2, 0.25) is 0 Å². The molecule has 0 bridgehead atoms. The standard InChI is InChI=1S/C17H21ClN2O4S/c18-13-1-2-15-12(9-13)10-16(24-15)17(21)20-6-4-19(5-7-20)14-3-8-25(22,23)11-14/h1-2,9,14,16H,3-8,10-11H2/p+1/t14-,16-/m1/s1. The highest BCUT2D eigenvalue weighted by molar-refractivity contribution is 7.91. The van der Waals surface area contributed by atoms with Crippen LogP contribution in [0.4, 0.5) is 0 Å². The Kier molecular flexibility index (Phi) is 4.42. The SMILES string of the molecule is O=C([C@H]1Cc2cc(Cl)ccc2O1)N1CC[NH+]([C@@H]2CCS(=O)(=O)C2)CC1. The van der Waals surface area contributed by atoms with Crippen LogP contribution in [0.3, 0.4) is 0 Å². The molecule has 8 heteroatoms. The first-order valence-electron chi connectivity index (χ1n) is 8.70. The molecule has 3 heterocycles. The third-order valence-electron chi connectivity index (χ3n) is 5.50. The Morgan fingerprint density at radius 1 is 1.28 bits per heavy atom. The quantitative estimate of drug-likeness (QED) is 0.749. The summed E-state index contributed by atoms with van der Waals surface area (Å²) in [6.45, 7) is 2.91. The van der Waals surface area contributed by atoms with E-state index in [1.807, 2.05) is 17.0 Å². The summed E-state index contributed by atoms with van der Waals surface area (Å²) in [5, 5.41) is 0.652. The fourth-order valence-corrected chi connectivity index (χ4v) is 6.12. The third kappa shape index (κ3) is 3.50. The van der Waals surface area contributed by atoms with Gasteiger partial charge in [-0.2, -0.15) is 0 Å². The molecular formula is C17H22ClN2O4S+. The van der Waals surface area contributed by atoms with E-state index in [9.17, 15) is 13.2 Å². The molecule has 0 radical (unpaired) electrons. The lowest BCUT2D eigenvalue weighted by atomic mass is 10.1. The van der Waals surface area contributed by atoms with Gasteiger partial charge in [0.05, 0.1) is 31.9 Å². The van der Waals surface area contributed by atoms with Crippen LogP contribution in [0.15, 0.2) is 18.2 Å². The van der Waals surface area contributed by atoms with Crippen molar-refractivity contribution in [1.29, 1.82) is 0 Å². The molecule has 1 N–H and O–H groups in total. The number of halogens is 1. The van der Waals surface area contributed by atoms with Crippen molar-refractivity contribution in [1.82, 2.24) is 4.90 Å². The number of carbonyl (C=O) groups excluding carboxylic acids is 1. The van der Waals surface area contributed by atoms with Crippen LogP contribution in [0, 0.1) is 0 Å². The molecule has 2 atom stereocenters. The average Bonchev–Trinajstić information content (AvgIpc) is 3.17. The number of fused-ring (bicyclic) bond motifs is 1. The third-order valence-corrected chi connectivity index (χ3v) is 7.50. The van der Waals surface area contributed by atoms with Crippen LogP contribution in [0.1, 0.15) is 12.0 Å². The number of quaternary nitrogens is 1. The smallest absolute Gasteiger partial charge is 0.264 e. The van der Waals surface area contributed by atoms with Gasteiger partial charge >= 0.3 is 0 Å². The van der Waals surface area contributed by atoms with E-state index < -0.39 is 15.9 Å². The minimum Gasteiger partial charge on any atom is -0.480 e. The molecule has 1 aromatic carbocycles.